The van der Waals surface area contributed by atoms with Crippen LogP contribution < -0.4 is 4.90 Å². The lowest BCUT2D eigenvalue weighted by atomic mass is 10.3. The fourth-order valence-electron chi connectivity index (χ4n) is 2.44. The third kappa shape index (κ3) is 2.70. The summed E-state index contributed by atoms with van der Waals surface area (Å²) in [5, 5.41) is 4.82. The molecule has 0 radical (unpaired) electrons. The highest BCUT2D eigenvalue weighted by molar-refractivity contribution is 7.80. The normalized spacial score (nSPS) is 15.9. The van der Waals surface area contributed by atoms with Crippen molar-refractivity contribution in [3.63, 3.8) is 0 Å². The summed E-state index contributed by atoms with van der Waals surface area (Å²) < 4.78 is 24.3. The van der Waals surface area contributed by atoms with E-state index in [2.05, 4.69) is 17.7 Å². The second-order valence-corrected chi connectivity index (χ2v) is 6.29. The first-order valence-corrected chi connectivity index (χ1v) is 8.02. The maximum atomic E-state index is 11.3. The first-order chi connectivity index (χ1) is 10.1. The summed E-state index contributed by atoms with van der Waals surface area (Å²) >= 11 is 4.21. The molecule has 3 rings (SSSR count). The molecule has 0 atom stereocenters. The summed E-state index contributed by atoms with van der Waals surface area (Å²) in [7, 11) is -2.67. The van der Waals surface area contributed by atoms with Gasteiger partial charge in [-0.05, 0) is 18.2 Å². The number of nitrogens with zero attached hydrogens (tertiary/aromatic N) is 4. The Morgan fingerprint density at radius 1 is 1.14 bits per heavy atom. The summed E-state index contributed by atoms with van der Waals surface area (Å²) in [4.78, 5) is 14.7. The van der Waals surface area contributed by atoms with Crippen LogP contribution in [0.2, 0.25) is 0 Å². The maximum Gasteiger partial charge on any atom is 0.209 e. The van der Waals surface area contributed by atoms with Crippen molar-refractivity contribution in [2.45, 2.75) is 9.92 Å². The molecular formula is C12H14N4O3S2. The Morgan fingerprint density at radius 2 is 1.86 bits per heavy atom. The zero-order chi connectivity index (χ0) is 15.0. The van der Waals surface area contributed by atoms with Crippen LogP contribution in [0.5, 0.6) is 0 Å². The molecule has 0 unspecified atom stereocenters. The van der Waals surface area contributed by atoms with E-state index in [1.54, 1.807) is 27.6 Å². The summed E-state index contributed by atoms with van der Waals surface area (Å²) in [6.45, 7) is 2.48. The van der Waals surface area contributed by atoms with Crippen LogP contribution in [0.4, 0.5) is 5.82 Å². The van der Waals surface area contributed by atoms with Crippen molar-refractivity contribution >= 4 is 41.1 Å². The number of pyridine rings is 1. The molecule has 1 amide bonds. The third-order valence-electron chi connectivity index (χ3n) is 3.51. The Kier molecular flexibility index (Phi) is 3.77. The van der Waals surface area contributed by atoms with E-state index in [4.69, 9.17) is 0 Å². The van der Waals surface area contributed by atoms with E-state index in [0.717, 1.165) is 6.41 Å². The maximum absolute atomic E-state index is 11.3. The van der Waals surface area contributed by atoms with E-state index in [0.29, 0.717) is 42.5 Å². The standard InChI is InChI=1S/C12H14N4O3S2/c17-8-14-1-3-15(4-2-14)12-7-10(21(18)19)5-9-6-11(20)13-16(9)12/h5-8,21H,1-4H2,(H,13,20). The van der Waals surface area contributed by atoms with Gasteiger partial charge < -0.3 is 9.80 Å². The minimum absolute atomic E-state index is 0.249. The summed E-state index contributed by atoms with van der Waals surface area (Å²) in [6, 6.07) is 4.90. The number of anilines is 1. The Bertz CT molecular complexity index is 755. The van der Waals surface area contributed by atoms with Gasteiger partial charge in [0.05, 0.1) is 10.4 Å². The predicted molar refractivity (Wildman–Crippen MR) is 80.9 cm³/mol. The minimum Gasteiger partial charge on any atom is -0.353 e. The average Bonchev–Trinajstić information content (AvgIpc) is 2.86. The molecular weight excluding hydrogens is 312 g/mol. The molecule has 0 N–H and O–H groups in total. The average molecular weight is 326 g/mol. The molecule has 9 heteroatoms. The molecule has 1 aliphatic rings. The second-order valence-electron chi connectivity index (χ2n) is 4.80. The fraction of sp³-hybridized carbons (Fsp3) is 0.333. The van der Waals surface area contributed by atoms with Gasteiger partial charge in [0.2, 0.25) is 6.41 Å². The zero-order valence-electron chi connectivity index (χ0n) is 11.0. The molecule has 0 aliphatic carbocycles. The van der Waals surface area contributed by atoms with Crippen molar-refractivity contribution in [3.8, 4) is 0 Å². The number of thiol groups is 2. The number of amides is 1. The van der Waals surface area contributed by atoms with Crippen LogP contribution >= 0.6 is 12.6 Å². The highest BCUT2D eigenvalue weighted by atomic mass is 32.2. The molecule has 1 aliphatic heterocycles. The van der Waals surface area contributed by atoms with Crippen molar-refractivity contribution in [2.75, 3.05) is 31.1 Å². The predicted octanol–water partition coefficient (Wildman–Crippen LogP) is -0.128. The van der Waals surface area contributed by atoms with E-state index >= 15 is 0 Å². The van der Waals surface area contributed by atoms with Gasteiger partial charge >= 0.3 is 0 Å². The van der Waals surface area contributed by atoms with Gasteiger partial charge in [0, 0.05) is 26.2 Å². The van der Waals surface area contributed by atoms with Crippen LogP contribution in [0.1, 0.15) is 0 Å². The number of hydrogen-bond donors (Lipinski definition) is 2. The summed E-state index contributed by atoms with van der Waals surface area (Å²) in [6.07, 6.45) is 0.831. The van der Waals surface area contributed by atoms with Gasteiger partial charge in [0.15, 0.2) is 10.7 Å². The first-order valence-electron chi connectivity index (χ1n) is 6.40. The molecule has 2 aromatic rings. The number of aromatic nitrogens is 2. The monoisotopic (exact) mass is 326 g/mol. The second kappa shape index (κ2) is 5.57. The van der Waals surface area contributed by atoms with Gasteiger partial charge in [-0.3, -0.25) is 4.79 Å². The fourth-order valence-corrected chi connectivity index (χ4v) is 3.12. The molecule has 0 bridgehead atoms. The van der Waals surface area contributed by atoms with Gasteiger partial charge in [0.1, 0.15) is 10.8 Å². The molecule has 0 saturated carbocycles. The number of carbonyl (C=O) groups excluding carboxylic acids is 1. The smallest absolute Gasteiger partial charge is 0.209 e. The van der Waals surface area contributed by atoms with Crippen LogP contribution in [-0.2, 0) is 15.5 Å². The SMILES string of the molecule is O=CN1CCN(c2cc([SH](=O)=O)cc3cc(S)nn23)CC1. The minimum atomic E-state index is -2.67. The lowest BCUT2D eigenvalue weighted by molar-refractivity contribution is -0.118. The van der Waals surface area contributed by atoms with Gasteiger partial charge in [-0.25, -0.2) is 12.9 Å². The van der Waals surface area contributed by atoms with Gasteiger partial charge in [-0.1, -0.05) is 0 Å². The highest BCUT2D eigenvalue weighted by Gasteiger charge is 2.19. The van der Waals surface area contributed by atoms with Crippen molar-refractivity contribution in [2.24, 2.45) is 0 Å². The van der Waals surface area contributed by atoms with Crippen molar-refractivity contribution in [1.29, 1.82) is 0 Å². The molecule has 0 aromatic carbocycles. The molecule has 0 spiro atoms. The van der Waals surface area contributed by atoms with E-state index in [9.17, 15) is 13.2 Å². The van der Waals surface area contributed by atoms with Crippen LogP contribution in [0, 0.1) is 0 Å². The highest BCUT2D eigenvalue weighted by Crippen LogP contribution is 2.23. The van der Waals surface area contributed by atoms with Crippen molar-refractivity contribution in [3.05, 3.63) is 18.2 Å². The largest absolute Gasteiger partial charge is 0.353 e. The van der Waals surface area contributed by atoms with Gasteiger partial charge in [0.25, 0.3) is 0 Å². The van der Waals surface area contributed by atoms with Crippen LogP contribution in [0.25, 0.3) is 5.52 Å². The molecule has 2 aromatic heterocycles. The number of hydrogen-bond acceptors (Lipinski definition) is 6. The number of carbonyl (C=O) groups is 1. The van der Waals surface area contributed by atoms with Gasteiger partial charge in [-0.2, -0.15) is 5.10 Å². The van der Waals surface area contributed by atoms with Crippen LogP contribution in [0.3, 0.4) is 0 Å². The van der Waals surface area contributed by atoms with Crippen molar-refractivity contribution in [1.82, 2.24) is 14.5 Å². The molecule has 7 nitrogen and oxygen atoms in total. The molecule has 3 heterocycles. The summed E-state index contributed by atoms with van der Waals surface area (Å²) in [5.74, 6) is 0.701. The van der Waals surface area contributed by atoms with Crippen LogP contribution in [0.15, 0.2) is 28.1 Å². The van der Waals surface area contributed by atoms with E-state index in [1.165, 1.54) is 0 Å². The van der Waals surface area contributed by atoms with Crippen molar-refractivity contribution < 1.29 is 13.2 Å². The zero-order valence-corrected chi connectivity index (χ0v) is 12.8. The van der Waals surface area contributed by atoms with E-state index < -0.39 is 10.7 Å². The van der Waals surface area contributed by atoms with E-state index in [-0.39, 0.29) is 4.90 Å². The lowest BCUT2D eigenvalue weighted by Crippen LogP contribution is -2.46. The third-order valence-corrected chi connectivity index (χ3v) is 4.41. The molecule has 21 heavy (non-hydrogen) atoms. The Hall–Kier alpha value is -1.74. The number of rotatable bonds is 3. The number of piperazine rings is 1. The first kappa shape index (κ1) is 14.2. The number of fused-ring (bicyclic) bond motifs is 1. The Morgan fingerprint density at radius 3 is 2.48 bits per heavy atom. The topological polar surface area (TPSA) is 75.0 Å². The molecule has 1 fully saturated rings. The Balaban J connectivity index is 2.06. The lowest BCUT2D eigenvalue weighted by Gasteiger charge is -2.34. The summed E-state index contributed by atoms with van der Waals surface area (Å²) in [5.41, 5.74) is 0.685. The Labute approximate surface area is 128 Å². The molecule has 112 valence electrons. The van der Waals surface area contributed by atoms with E-state index in [1.807, 2.05) is 4.90 Å². The van der Waals surface area contributed by atoms with Gasteiger partial charge in [-0.15, -0.1) is 12.6 Å². The van der Waals surface area contributed by atoms with Crippen LogP contribution in [-0.4, -0.2) is 55.5 Å². The quantitative estimate of drug-likeness (QED) is 0.607. The molecule has 1 saturated heterocycles.